The van der Waals surface area contributed by atoms with Gasteiger partial charge in [-0.25, -0.2) is 4.79 Å². The number of fused-ring (bicyclic) bond motifs is 5. The van der Waals surface area contributed by atoms with Crippen LogP contribution in [0.25, 0.3) is 0 Å². The number of hydrogen-bond acceptors (Lipinski definition) is 15. The van der Waals surface area contributed by atoms with Crippen molar-refractivity contribution in [2.45, 2.75) is 172 Å². The van der Waals surface area contributed by atoms with Crippen LogP contribution in [0.4, 0.5) is 0 Å². The van der Waals surface area contributed by atoms with Crippen molar-refractivity contribution in [3.8, 4) is 0 Å². The number of esters is 4. The van der Waals surface area contributed by atoms with Gasteiger partial charge in [-0.05, 0) is 76.5 Å². The second kappa shape index (κ2) is 13.6. The van der Waals surface area contributed by atoms with Gasteiger partial charge in [0.15, 0.2) is 17.8 Å². The molecule has 7 rings (SSSR count). The molecule has 316 valence electrons. The molecule has 56 heavy (non-hydrogen) atoms. The van der Waals surface area contributed by atoms with Crippen molar-refractivity contribution in [3.05, 3.63) is 0 Å². The van der Waals surface area contributed by atoms with E-state index in [4.69, 9.17) is 23.7 Å². The highest BCUT2D eigenvalue weighted by atomic mass is 16.7. The summed E-state index contributed by atoms with van der Waals surface area (Å²) in [5.74, 6) is -10.8. The molecule has 0 aromatic carbocycles. The van der Waals surface area contributed by atoms with Crippen LogP contribution in [-0.2, 0) is 42.9 Å². The summed E-state index contributed by atoms with van der Waals surface area (Å²) in [6.07, 6.45) is -5.31. The second-order valence-electron chi connectivity index (χ2n) is 19.2. The first kappa shape index (κ1) is 41.7. The van der Waals surface area contributed by atoms with Crippen LogP contribution in [0.1, 0.15) is 107 Å². The molecule has 19 atom stereocenters. The van der Waals surface area contributed by atoms with Crippen molar-refractivity contribution < 1.29 is 68.4 Å². The molecule has 0 aromatic rings. The summed E-state index contributed by atoms with van der Waals surface area (Å²) in [5, 5.41) is 62.9. The molecule has 1 spiro atoms. The van der Waals surface area contributed by atoms with Crippen LogP contribution in [0.5, 0.6) is 0 Å². The minimum Gasteiger partial charge on any atom is -0.458 e. The van der Waals surface area contributed by atoms with Crippen molar-refractivity contribution in [3.63, 3.8) is 0 Å². The lowest BCUT2D eigenvalue weighted by Gasteiger charge is -2.64. The predicted molar refractivity (Wildman–Crippen MR) is 195 cm³/mol. The first-order chi connectivity index (χ1) is 26.0. The molecule has 3 heterocycles. The average Bonchev–Trinajstić information content (AvgIpc) is 3.40. The van der Waals surface area contributed by atoms with Gasteiger partial charge in [-0.1, -0.05) is 34.6 Å². The van der Waals surface area contributed by atoms with E-state index in [0.29, 0.717) is 31.8 Å². The predicted octanol–water partition coefficient (Wildman–Crippen LogP) is 1.61. The largest absolute Gasteiger partial charge is 0.458 e. The van der Waals surface area contributed by atoms with Crippen LogP contribution in [0, 0.1) is 46.8 Å². The fourth-order valence-electron chi connectivity index (χ4n) is 13.1. The summed E-state index contributed by atoms with van der Waals surface area (Å²) in [7, 11) is 0. The van der Waals surface area contributed by atoms with Crippen molar-refractivity contribution in [1.82, 2.24) is 4.90 Å². The molecular weight excluding hydrogens is 730 g/mol. The first-order valence-corrected chi connectivity index (χ1v) is 20.7. The third-order valence-electron chi connectivity index (χ3n) is 16.0. The topological polar surface area (TPSA) is 219 Å². The van der Waals surface area contributed by atoms with E-state index in [1.807, 2.05) is 13.8 Å². The van der Waals surface area contributed by atoms with Crippen LogP contribution in [0.3, 0.4) is 0 Å². The van der Waals surface area contributed by atoms with Gasteiger partial charge in [0.05, 0.1) is 35.1 Å². The van der Waals surface area contributed by atoms with Crippen molar-refractivity contribution in [1.29, 1.82) is 0 Å². The van der Waals surface area contributed by atoms with Gasteiger partial charge in [-0.3, -0.25) is 19.3 Å². The van der Waals surface area contributed by atoms with E-state index in [1.165, 1.54) is 20.8 Å². The van der Waals surface area contributed by atoms with Crippen LogP contribution in [0.2, 0.25) is 0 Å². The number of aliphatic hydroxyl groups is 5. The maximum atomic E-state index is 13.9. The summed E-state index contributed by atoms with van der Waals surface area (Å²) in [5.41, 5.74) is -8.37. The number of hydrogen-bond donors (Lipinski definition) is 5. The monoisotopic (exact) mass is 793 g/mol. The van der Waals surface area contributed by atoms with Gasteiger partial charge < -0.3 is 49.2 Å². The first-order valence-electron chi connectivity index (χ1n) is 20.7. The van der Waals surface area contributed by atoms with Gasteiger partial charge in [0, 0.05) is 44.3 Å². The zero-order chi connectivity index (χ0) is 41.3. The number of rotatable bonds is 8. The van der Waals surface area contributed by atoms with Gasteiger partial charge in [0.2, 0.25) is 5.79 Å². The summed E-state index contributed by atoms with van der Waals surface area (Å²) >= 11 is 0. The summed E-state index contributed by atoms with van der Waals surface area (Å²) in [6, 6.07) is -0.309. The highest BCUT2D eigenvalue weighted by Crippen LogP contribution is 2.78. The highest BCUT2D eigenvalue weighted by Gasteiger charge is 2.90. The number of carbonyl (C=O) groups is 4. The molecule has 7 fully saturated rings. The number of nitrogens with zero attached hydrogens (tertiary/aromatic N) is 1. The molecule has 0 amide bonds. The summed E-state index contributed by atoms with van der Waals surface area (Å²) in [4.78, 5) is 55.6. The lowest BCUT2D eigenvalue weighted by atomic mass is 9.48. The fraction of sp³-hybridized carbons (Fsp3) is 0.902. The fourth-order valence-corrected chi connectivity index (χ4v) is 13.1. The zero-order valence-electron chi connectivity index (χ0n) is 34.2. The Bertz CT molecular complexity index is 1620. The van der Waals surface area contributed by atoms with E-state index in [1.54, 1.807) is 20.8 Å². The molecule has 0 radical (unpaired) electrons. The Morgan fingerprint density at radius 1 is 0.929 bits per heavy atom. The Labute approximate surface area is 328 Å². The second-order valence-corrected chi connectivity index (χ2v) is 19.2. The molecule has 5 N–H and O–H groups in total. The maximum absolute atomic E-state index is 13.9. The van der Waals surface area contributed by atoms with E-state index in [0.717, 1.165) is 6.42 Å². The van der Waals surface area contributed by atoms with E-state index in [-0.39, 0.29) is 31.7 Å². The lowest BCUT2D eigenvalue weighted by Crippen LogP contribution is -2.78. The summed E-state index contributed by atoms with van der Waals surface area (Å²) < 4.78 is 31.3. The number of aliphatic hydroxyl groups excluding tert-OH is 1. The Morgan fingerprint density at radius 2 is 1.55 bits per heavy atom. The molecule has 15 heteroatoms. The minimum absolute atomic E-state index is 0.0107. The van der Waals surface area contributed by atoms with E-state index < -0.39 is 124 Å². The molecule has 3 saturated heterocycles. The number of carbonyl (C=O) groups excluding carboxylic acids is 4. The molecule has 7 aliphatic rings. The standard InChI is InChI=1S/C41H63NO14/c1-10-20(4)34(46)55-33-28(45)27-23(18-42-17-19(3)12-13-25(42)38(27,9)49)24-16-39-32(40(24,33)50)30(53-22(6)44)29(52-21(5)43)31-36(39,7)15-14-26(41(31,51)56-39)54-35(47)37(8,48)11-2/h19-20,23-33,45,48-51H,10-18H2,1-9H3/t19?,20?,23?,24?,25?,26?,27?,28?,29?,30?,31?,32?,33?,36?,37?,38-,39+,40-,41-/m0/s1. The van der Waals surface area contributed by atoms with Crippen LogP contribution in [0.15, 0.2) is 0 Å². The smallest absolute Gasteiger partial charge is 0.338 e. The Balaban J connectivity index is 1.45. The van der Waals surface area contributed by atoms with E-state index in [2.05, 4.69) is 11.8 Å². The quantitative estimate of drug-likeness (QED) is 0.174. The van der Waals surface area contributed by atoms with E-state index in [9.17, 15) is 44.7 Å². The van der Waals surface area contributed by atoms with Crippen LogP contribution >= 0.6 is 0 Å². The molecule has 3 aliphatic heterocycles. The highest BCUT2D eigenvalue weighted by molar-refractivity contribution is 5.79. The molecule has 4 aliphatic carbocycles. The maximum Gasteiger partial charge on any atom is 0.338 e. The van der Waals surface area contributed by atoms with Gasteiger partial charge in [0.1, 0.15) is 17.8 Å². The van der Waals surface area contributed by atoms with Crippen molar-refractivity contribution in [2.24, 2.45) is 46.8 Å². The van der Waals surface area contributed by atoms with Gasteiger partial charge >= 0.3 is 23.9 Å². The van der Waals surface area contributed by atoms with Crippen molar-refractivity contribution >= 4 is 23.9 Å². The van der Waals surface area contributed by atoms with Gasteiger partial charge in [-0.15, -0.1) is 0 Å². The Hall–Kier alpha value is -2.40. The summed E-state index contributed by atoms with van der Waals surface area (Å²) in [6.45, 7) is 15.5. The zero-order valence-corrected chi connectivity index (χ0v) is 34.2. The van der Waals surface area contributed by atoms with E-state index >= 15 is 0 Å². The minimum atomic E-state index is -2.38. The van der Waals surface area contributed by atoms with Gasteiger partial charge in [-0.2, -0.15) is 0 Å². The van der Waals surface area contributed by atoms with Crippen LogP contribution in [-0.4, -0.2) is 132 Å². The SMILES string of the molecule is CCC(C)C(=O)OC1C(O)C2C(CN3CC(C)CCC3[C@]2(C)O)C2C[C@]34O[C@@]5(O)C(OC(=O)C(C)(O)CC)CCC3(C)C5C(OC(C)=O)C(OC(C)=O)C4[C@@]21O. The van der Waals surface area contributed by atoms with Gasteiger partial charge in [0.25, 0.3) is 0 Å². The van der Waals surface area contributed by atoms with Crippen LogP contribution < -0.4 is 0 Å². The average molecular weight is 794 g/mol. The third kappa shape index (κ3) is 5.60. The molecular formula is C41H63NO14. The molecule has 15 unspecified atom stereocenters. The van der Waals surface area contributed by atoms with Crippen molar-refractivity contribution in [2.75, 3.05) is 13.1 Å². The third-order valence-corrected chi connectivity index (χ3v) is 16.0. The normalized spacial score (nSPS) is 50.5. The molecule has 4 bridgehead atoms. The number of piperidine rings is 2. The Kier molecular flexibility index (Phi) is 10.1. The molecule has 0 aromatic heterocycles. The molecule has 4 saturated carbocycles. The number of ether oxygens (including phenoxy) is 5. The Morgan fingerprint density at radius 3 is 2.14 bits per heavy atom. The molecule has 15 nitrogen and oxygen atoms in total. The lowest BCUT2D eigenvalue weighted by molar-refractivity contribution is -0.301.